The molecule has 0 saturated heterocycles. The molecule has 254 valence electrons. The summed E-state index contributed by atoms with van der Waals surface area (Å²) in [4.78, 5) is 10.1. The SMILES string of the molecule is CC(C)c1cc(-c2ccccc2)cc(C(C)C)c1-n1ccnc1-c1cccc(Oc2cccc3c2nc2n(-c4ccccc4)c4ccccc4n32)c1. The van der Waals surface area contributed by atoms with Crippen molar-refractivity contribution in [2.75, 3.05) is 0 Å². The Morgan fingerprint density at radius 3 is 1.94 bits per heavy atom. The number of hydrogen-bond acceptors (Lipinski definition) is 3. The van der Waals surface area contributed by atoms with Crippen LogP contribution in [0.3, 0.4) is 0 Å². The van der Waals surface area contributed by atoms with Gasteiger partial charge in [0.2, 0.25) is 5.78 Å². The monoisotopic (exact) mass is 677 g/mol. The molecule has 6 nitrogen and oxygen atoms in total. The zero-order valence-electron chi connectivity index (χ0n) is 29.7. The average molecular weight is 678 g/mol. The Hall–Kier alpha value is -6.40. The standard InChI is InChI=1S/C46H39N5O/c1-30(2)37-28-34(32-15-7-5-8-16-32)29-38(31(3)4)44(37)49-26-25-47-45(49)33-17-13-20-36(27-33)52-42-24-14-23-41-43(42)48-46-50(35-18-9-6-10-19-35)39-21-11-12-22-40(39)51(41)46/h5-31H,1-4H3. The third-order valence-electron chi connectivity index (χ3n) is 9.93. The van der Waals surface area contributed by atoms with Gasteiger partial charge in [0.05, 0.1) is 22.2 Å². The number of benzene rings is 6. The lowest BCUT2D eigenvalue weighted by atomic mass is 9.88. The minimum Gasteiger partial charge on any atom is -0.455 e. The molecule has 0 amide bonds. The predicted octanol–water partition coefficient (Wildman–Crippen LogP) is 12.0. The van der Waals surface area contributed by atoms with E-state index in [1.165, 1.54) is 27.9 Å². The van der Waals surface area contributed by atoms with E-state index >= 15 is 0 Å². The van der Waals surface area contributed by atoms with Gasteiger partial charge >= 0.3 is 0 Å². The third-order valence-corrected chi connectivity index (χ3v) is 9.93. The fourth-order valence-corrected chi connectivity index (χ4v) is 7.47. The van der Waals surface area contributed by atoms with Crippen LogP contribution in [0.2, 0.25) is 0 Å². The zero-order valence-corrected chi connectivity index (χ0v) is 29.7. The van der Waals surface area contributed by atoms with Crippen molar-refractivity contribution in [2.24, 2.45) is 0 Å². The number of para-hydroxylation sites is 4. The summed E-state index contributed by atoms with van der Waals surface area (Å²) in [6, 6.07) is 48.5. The Labute approximate surface area is 303 Å². The molecule has 0 aliphatic carbocycles. The molecule has 0 fully saturated rings. The fourth-order valence-electron chi connectivity index (χ4n) is 7.47. The number of rotatable bonds is 8. The molecule has 3 heterocycles. The van der Waals surface area contributed by atoms with Crippen molar-refractivity contribution in [1.29, 1.82) is 0 Å². The summed E-state index contributed by atoms with van der Waals surface area (Å²) in [6.07, 6.45) is 3.98. The van der Waals surface area contributed by atoms with Gasteiger partial charge in [0.25, 0.3) is 0 Å². The number of imidazole rings is 3. The average Bonchev–Trinajstić information content (AvgIpc) is 3.89. The van der Waals surface area contributed by atoms with Crippen LogP contribution in [0.15, 0.2) is 152 Å². The second-order valence-corrected chi connectivity index (χ2v) is 14.0. The molecule has 0 N–H and O–H groups in total. The first-order chi connectivity index (χ1) is 25.5. The topological polar surface area (TPSA) is 49.3 Å². The number of hydrogen-bond donors (Lipinski definition) is 0. The molecule has 0 aliphatic rings. The van der Waals surface area contributed by atoms with Gasteiger partial charge in [-0.15, -0.1) is 0 Å². The first kappa shape index (κ1) is 31.6. The number of aromatic nitrogens is 5. The summed E-state index contributed by atoms with van der Waals surface area (Å²) in [5.41, 5.74) is 12.3. The number of nitrogens with zero attached hydrogens (tertiary/aromatic N) is 5. The number of fused-ring (bicyclic) bond motifs is 5. The Morgan fingerprint density at radius 2 is 1.21 bits per heavy atom. The van der Waals surface area contributed by atoms with Crippen molar-refractivity contribution in [3.05, 3.63) is 163 Å². The van der Waals surface area contributed by atoms with Gasteiger partial charge in [-0.1, -0.05) is 107 Å². The van der Waals surface area contributed by atoms with Gasteiger partial charge in [0, 0.05) is 23.6 Å². The van der Waals surface area contributed by atoms with Crippen LogP contribution in [0.25, 0.3) is 61.7 Å². The Morgan fingerprint density at radius 1 is 0.577 bits per heavy atom. The summed E-state index contributed by atoms with van der Waals surface area (Å²) >= 11 is 0. The van der Waals surface area contributed by atoms with E-state index in [1.807, 2.05) is 36.5 Å². The Balaban J connectivity index is 1.14. The lowest BCUT2D eigenvalue weighted by Crippen LogP contribution is -2.08. The summed E-state index contributed by atoms with van der Waals surface area (Å²) < 4.78 is 13.4. The van der Waals surface area contributed by atoms with Crippen LogP contribution >= 0.6 is 0 Å². The highest BCUT2D eigenvalue weighted by Gasteiger charge is 2.22. The van der Waals surface area contributed by atoms with Crippen molar-refractivity contribution >= 4 is 27.8 Å². The second-order valence-electron chi connectivity index (χ2n) is 14.0. The normalized spacial score (nSPS) is 11.8. The molecule has 9 rings (SSSR count). The molecule has 0 atom stereocenters. The molecule has 0 bridgehead atoms. The Kier molecular flexibility index (Phi) is 7.73. The van der Waals surface area contributed by atoms with Crippen LogP contribution < -0.4 is 4.74 Å². The lowest BCUT2D eigenvalue weighted by Gasteiger charge is -2.24. The highest BCUT2D eigenvalue weighted by molar-refractivity contribution is 5.94. The van der Waals surface area contributed by atoms with E-state index in [1.54, 1.807) is 0 Å². The first-order valence-corrected chi connectivity index (χ1v) is 18.0. The van der Waals surface area contributed by atoms with Crippen LogP contribution in [0.1, 0.15) is 50.7 Å². The molecule has 6 aromatic carbocycles. The molecule has 0 spiro atoms. The minimum absolute atomic E-state index is 0.308. The molecule has 0 aliphatic heterocycles. The van der Waals surface area contributed by atoms with Gasteiger partial charge in [-0.3, -0.25) is 13.5 Å². The van der Waals surface area contributed by atoms with E-state index in [0.29, 0.717) is 17.6 Å². The fraction of sp³-hybridized carbons (Fsp3) is 0.130. The molecule has 0 saturated carbocycles. The van der Waals surface area contributed by atoms with Gasteiger partial charge in [-0.2, -0.15) is 0 Å². The van der Waals surface area contributed by atoms with Crippen LogP contribution in [0.5, 0.6) is 11.5 Å². The van der Waals surface area contributed by atoms with Gasteiger partial charge in [0.15, 0.2) is 5.75 Å². The maximum Gasteiger partial charge on any atom is 0.220 e. The molecular weight excluding hydrogens is 639 g/mol. The van der Waals surface area contributed by atoms with Gasteiger partial charge in [-0.05, 0) is 94.8 Å². The van der Waals surface area contributed by atoms with Crippen molar-refractivity contribution in [3.8, 4) is 45.4 Å². The molecule has 3 aromatic heterocycles. The van der Waals surface area contributed by atoms with Crippen molar-refractivity contribution < 1.29 is 4.74 Å². The van der Waals surface area contributed by atoms with Crippen LogP contribution in [0.4, 0.5) is 0 Å². The molecule has 0 radical (unpaired) electrons. The maximum absolute atomic E-state index is 6.70. The molecule has 52 heavy (non-hydrogen) atoms. The van der Waals surface area contributed by atoms with Gasteiger partial charge in [-0.25, -0.2) is 9.97 Å². The summed E-state index contributed by atoms with van der Waals surface area (Å²) in [6.45, 7) is 9.08. The molecule has 9 aromatic rings. The van der Waals surface area contributed by atoms with Crippen molar-refractivity contribution in [1.82, 2.24) is 23.5 Å². The van der Waals surface area contributed by atoms with E-state index in [-0.39, 0.29) is 0 Å². The summed E-state index contributed by atoms with van der Waals surface area (Å²) in [5.74, 6) is 3.75. The highest BCUT2D eigenvalue weighted by Crippen LogP contribution is 2.39. The molecular formula is C46H39N5O. The van der Waals surface area contributed by atoms with E-state index < -0.39 is 0 Å². The predicted molar refractivity (Wildman–Crippen MR) is 212 cm³/mol. The zero-order chi connectivity index (χ0) is 35.3. The minimum atomic E-state index is 0.308. The maximum atomic E-state index is 6.70. The Bertz CT molecular complexity index is 2690. The lowest BCUT2D eigenvalue weighted by molar-refractivity contribution is 0.487. The van der Waals surface area contributed by atoms with Crippen LogP contribution in [-0.2, 0) is 0 Å². The van der Waals surface area contributed by atoms with E-state index in [2.05, 4.69) is 157 Å². The molecule has 6 heteroatoms. The summed E-state index contributed by atoms with van der Waals surface area (Å²) in [7, 11) is 0. The van der Waals surface area contributed by atoms with E-state index in [0.717, 1.165) is 50.7 Å². The largest absolute Gasteiger partial charge is 0.455 e. The van der Waals surface area contributed by atoms with Crippen LogP contribution in [0, 0.1) is 0 Å². The van der Waals surface area contributed by atoms with Gasteiger partial charge < -0.3 is 4.74 Å². The van der Waals surface area contributed by atoms with Crippen molar-refractivity contribution in [3.63, 3.8) is 0 Å². The summed E-state index contributed by atoms with van der Waals surface area (Å²) in [5, 5.41) is 0. The van der Waals surface area contributed by atoms with Crippen molar-refractivity contribution in [2.45, 2.75) is 39.5 Å². The smallest absolute Gasteiger partial charge is 0.220 e. The van der Waals surface area contributed by atoms with E-state index in [9.17, 15) is 0 Å². The van der Waals surface area contributed by atoms with Crippen LogP contribution in [-0.4, -0.2) is 23.5 Å². The van der Waals surface area contributed by atoms with E-state index in [4.69, 9.17) is 14.7 Å². The first-order valence-electron chi connectivity index (χ1n) is 18.0. The quantitative estimate of drug-likeness (QED) is 0.161. The highest BCUT2D eigenvalue weighted by atomic mass is 16.5. The van der Waals surface area contributed by atoms with Gasteiger partial charge in [0.1, 0.15) is 17.1 Å². The second kappa shape index (κ2) is 12.7. The molecule has 0 unspecified atom stereocenters. The third kappa shape index (κ3) is 5.26. The number of ether oxygens (including phenoxy) is 1.